The van der Waals surface area contributed by atoms with Crippen molar-refractivity contribution < 1.29 is 14.5 Å². The Balaban J connectivity index is 2.47. The van der Waals surface area contributed by atoms with Crippen LogP contribution in [0.4, 0.5) is 5.69 Å². The molecule has 25 heavy (non-hydrogen) atoms. The smallest absolute Gasteiger partial charge is 0.340 e. The fraction of sp³-hybridized carbons (Fsp3) is 0.375. The van der Waals surface area contributed by atoms with Gasteiger partial charge in [-0.3, -0.25) is 10.1 Å². The molecule has 0 bridgehead atoms. The van der Waals surface area contributed by atoms with Crippen LogP contribution in [0, 0.1) is 10.1 Å². The molecule has 1 aliphatic heterocycles. The Labute approximate surface area is 149 Å². The maximum absolute atomic E-state index is 12.6. The molecule has 2 unspecified atom stereocenters. The number of carbonyl (C=O) groups excluding carboxylic acids is 1. The van der Waals surface area contributed by atoms with Gasteiger partial charge >= 0.3 is 5.97 Å². The van der Waals surface area contributed by atoms with Crippen LogP contribution in [0.1, 0.15) is 31.9 Å². The lowest BCUT2D eigenvalue weighted by Crippen LogP contribution is -2.36. The number of aliphatic imine (C=N–C) groups is 1. The number of nitrogens with two attached hydrogens (primary N) is 1. The molecule has 1 aromatic rings. The number of carbonyl (C=O) groups is 1. The molecule has 134 valence electrons. The minimum Gasteiger partial charge on any atom is -0.459 e. The maximum Gasteiger partial charge on any atom is 0.340 e. The SMILES string of the molecule is CCC(C)OC(=O)C1=C(N)NC(SC)=NC1c1cccc([N+](=O)[O-])c1. The van der Waals surface area contributed by atoms with Crippen LogP contribution in [-0.2, 0) is 9.53 Å². The van der Waals surface area contributed by atoms with Gasteiger partial charge < -0.3 is 15.8 Å². The largest absolute Gasteiger partial charge is 0.459 e. The zero-order chi connectivity index (χ0) is 18.6. The van der Waals surface area contributed by atoms with E-state index in [1.165, 1.54) is 23.9 Å². The van der Waals surface area contributed by atoms with E-state index in [1.54, 1.807) is 19.1 Å². The molecule has 9 heteroatoms. The zero-order valence-electron chi connectivity index (χ0n) is 14.2. The first kappa shape index (κ1) is 18.8. The van der Waals surface area contributed by atoms with Crippen LogP contribution in [0.15, 0.2) is 40.7 Å². The number of non-ortho nitro benzene ring substituents is 1. The summed E-state index contributed by atoms with van der Waals surface area (Å²) in [5.74, 6) is -0.441. The molecule has 0 amide bonds. The Morgan fingerprint density at radius 2 is 2.28 bits per heavy atom. The van der Waals surface area contributed by atoms with E-state index in [2.05, 4.69) is 10.3 Å². The van der Waals surface area contributed by atoms with E-state index < -0.39 is 16.9 Å². The second-order valence-electron chi connectivity index (χ2n) is 5.47. The van der Waals surface area contributed by atoms with Crippen LogP contribution in [0.5, 0.6) is 0 Å². The van der Waals surface area contributed by atoms with Gasteiger partial charge in [0.1, 0.15) is 17.4 Å². The lowest BCUT2D eigenvalue weighted by atomic mass is 9.97. The molecule has 0 aromatic heterocycles. The first-order valence-corrected chi connectivity index (χ1v) is 8.93. The first-order chi connectivity index (χ1) is 11.9. The molecule has 0 saturated heterocycles. The molecule has 0 saturated carbocycles. The molecule has 1 heterocycles. The van der Waals surface area contributed by atoms with Crippen LogP contribution in [0.2, 0.25) is 0 Å². The van der Waals surface area contributed by atoms with Gasteiger partial charge in [0.15, 0.2) is 5.17 Å². The molecule has 8 nitrogen and oxygen atoms in total. The van der Waals surface area contributed by atoms with Crippen molar-refractivity contribution in [3.63, 3.8) is 0 Å². The number of ether oxygens (including phenoxy) is 1. The van der Waals surface area contributed by atoms with E-state index in [4.69, 9.17) is 10.5 Å². The van der Waals surface area contributed by atoms with Crippen molar-refractivity contribution in [2.24, 2.45) is 10.7 Å². The summed E-state index contributed by atoms with van der Waals surface area (Å²) in [6.45, 7) is 3.68. The van der Waals surface area contributed by atoms with Gasteiger partial charge in [0.25, 0.3) is 5.69 Å². The molecular weight excluding hydrogens is 344 g/mol. The van der Waals surface area contributed by atoms with Crippen molar-refractivity contribution >= 4 is 28.6 Å². The molecule has 0 spiro atoms. The van der Waals surface area contributed by atoms with E-state index in [9.17, 15) is 14.9 Å². The number of hydrogen-bond acceptors (Lipinski definition) is 8. The van der Waals surface area contributed by atoms with Gasteiger partial charge in [-0.05, 0) is 25.2 Å². The summed E-state index contributed by atoms with van der Waals surface area (Å²) in [6, 6.07) is 5.24. The Morgan fingerprint density at radius 3 is 2.88 bits per heavy atom. The number of nitro benzene ring substituents is 1. The molecule has 0 radical (unpaired) electrons. The summed E-state index contributed by atoms with van der Waals surface area (Å²) >= 11 is 1.33. The molecule has 2 rings (SSSR count). The molecule has 0 aliphatic carbocycles. The Kier molecular flexibility index (Phi) is 6.02. The van der Waals surface area contributed by atoms with Gasteiger partial charge in [0.2, 0.25) is 0 Å². The highest BCUT2D eigenvalue weighted by atomic mass is 32.2. The fourth-order valence-electron chi connectivity index (χ4n) is 2.25. The van der Waals surface area contributed by atoms with Gasteiger partial charge in [-0.15, -0.1) is 0 Å². The maximum atomic E-state index is 12.6. The van der Waals surface area contributed by atoms with Crippen LogP contribution in [0.3, 0.4) is 0 Å². The van der Waals surface area contributed by atoms with Crippen molar-refractivity contribution in [3.8, 4) is 0 Å². The number of amidine groups is 1. The fourth-order valence-corrected chi connectivity index (χ4v) is 2.67. The molecule has 1 aliphatic rings. The number of nitrogens with one attached hydrogen (secondary N) is 1. The molecule has 2 atom stereocenters. The van der Waals surface area contributed by atoms with Gasteiger partial charge in [0, 0.05) is 12.1 Å². The average Bonchev–Trinajstić information content (AvgIpc) is 2.60. The van der Waals surface area contributed by atoms with Crippen molar-refractivity contribution in [2.75, 3.05) is 6.26 Å². The highest BCUT2D eigenvalue weighted by molar-refractivity contribution is 8.13. The van der Waals surface area contributed by atoms with Gasteiger partial charge in [-0.1, -0.05) is 30.8 Å². The highest BCUT2D eigenvalue weighted by Crippen LogP contribution is 2.33. The monoisotopic (exact) mass is 364 g/mol. The zero-order valence-corrected chi connectivity index (χ0v) is 15.0. The van der Waals surface area contributed by atoms with Crippen molar-refractivity contribution in [2.45, 2.75) is 32.4 Å². The lowest BCUT2D eigenvalue weighted by Gasteiger charge is -2.25. The Hall–Kier alpha value is -2.55. The highest BCUT2D eigenvalue weighted by Gasteiger charge is 2.32. The number of thioether (sulfide) groups is 1. The topological polar surface area (TPSA) is 120 Å². The third-order valence-electron chi connectivity index (χ3n) is 3.74. The molecule has 1 aromatic carbocycles. The number of esters is 1. The Morgan fingerprint density at radius 1 is 1.56 bits per heavy atom. The number of hydrogen-bond donors (Lipinski definition) is 2. The predicted molar refractivity (Wildman–Crippen MR) is 97.0 cm³/mol. The summed E-state index contributed by atoms with van der Waals surface area (Å²) in [6.07, 6.45) is 2.20. The number of rotatable bonds is 5. The second-order valence-corrected chi connectivity index (χ2v) is 6.26. The quantitative estimate of drug-likeness (QED) is 0.468. The average molecular weight is 364 g/mol. The normalized spacial score (nSPS) is 18.2. The summed E-state index contributed by atoms with van der Waals surface area (Å²) in [4.78, 5) is 27.6. The van der Waals surface area contributed by atoms with E-state index in [0.29, 0.717) is 17.2 Å². The predicted octanol–water partition coefficient (Wildman–Crippen LogP) is 2.47. The van der Waals surface area contributed by atoms with E-state index in [0.717, 1.165) is 0 Å². The third kappa shape index (κ3) is 4.30. The van der Waals surface area contributed by atoms with Crippen molar-refractivity contribution in [1.29, 1.82) is 0 Å². The minimum absolute atomic E-state index is 0.0786. The summed E-state index contributed by atoms with van der Waals surface area (Å²) in [5.41, 5.74) is 6.60. The van der Waals surface area contributed by atoms with Crippen LogP contribution in [0.25, 0.3) is 0 Å². The van der Waals surface area contributed by atoms with E-state index >= 15 is 0 Å². The number of nitro groups is 1. The summed E-state index contributed by atoms with van der Waals surface area (Å²) in [7, 11) is 0. The summed E-state index contributed by atoms with van der Waals surface area (Å²) in [5, 5.41) is 14.4. The lowest BCUT2D eigenvalue weighted by molar-refractivity contribution is -0.384. The van der Waals surface area contributed by atoms with Crippen molar-refractivity contribution in [3.05, 3.63) is 51.3 Å². The summed E-state index contributed by atoms with van der Waals surface area (Å²) < 4.78 is 5.38. The van der Waals surface area contributed by atoms with Gasteiger partial charge in [-0.2, -0.15) is 0 Å². The molecule has 3 N–H and O–H groups in total. The standard InChI is InChI=1S/C16H20N4O4S/c1-4-9(2)24-15(21)12-13(18-16(25-3)19-14(12)17)10-6-5-7-11(8-10)20(22)23/h5-9,13H,4,17H2,1-3H3,(H,18,19). The van der Waals surface area contributed by atoms with E-state index in [1.807, 2.05) is 13.2 Å². The van der Waals surface area contributed by atoms with Crippen LogP contribution < -0.4 is 11.1 Å². The molecule has 0 fully saturated rings. The third-order valence-corrected chi connectivity index (χ3v) is 4.34. The second kappa shape index (κ2) is 8.02. The number of benzene rings is 1. The van der Waals surface area contributed by atoms with Gasteiger partial charge in [-0.25, -0.2) is 9.79 Å². The Bertz CT molecular complexity index is 747. The van der Waals surface area contributed by atoms with Gasteiger partial charge in [0.05, 0.1) is 11.0 Å². The van der Waals surface area contributed by atoms with Crippen molar-refractivity contribution in [1.82, 2.24) is 5.32 Å². The van der Waals surface area contributed by atoms with Crippen LogP contribution in [-0.4, -0.2) is 28.4 Å². The minimum atomic E-state index is -0.764. The molecular formula is C16H20N4O4S. The van der Waals surface area contributed by atoms with Crippen LogP contribution >= 0.6 is 11.8 Å². The number of nitrogens with zero attached hydrogens (tertiary/aromatic N) is 2. The van der Waals surface area contributed by atoms with E-state index in [-0.39, 0.29) is 23.2 Å². The first-order valence-electron chi connectivity index (χ1n) is 7.71.